The molecule has 0 radical (unpaired) electrons. The Balaban J connectivity index is 3.95. The van der Waals surface area contributed by atoms with Gasteiger partial charge in [0.15, 0.2) is 0 Å². The molecule has 52 valence electrons. The summed E-state index contributed by atoms with van der Waals surface area (Å²) in [6.45, 7) is 3.30. The molecule has 9 heavy (non-hydrogen) atoms. The SMILES string of the molecule is C=NN(C)/C(=N\N)SC. The Bertz CT molecular complexity index is 122. The number of thioether (sulfide) groups is 1. The van der Waals surface area contributed by atoms with Crippen LogP contribution in [-0.4, -0.2) is 30.2 Å². The third kappa shape index (κ3) is 2.36. The highest BCUT2D eigenvalue weighted by Crippen LogP contribution is 2.00. The van der Waals surface area contributed by atoms with Gasteiger partial charge in [0.25, 0.3) is 0 Å². The van der Waals surface area contributed by atoms with E-state index >= 15 is 0 Å². The van der Waals surface area contributed by atoms with Gasteiger partial charge in [0, 0.05) is 13.8 Å². The molecule has 0 saturated heterocycles. The van der Waals surface area contributed by atoms with Gasteiger partial charge < -0.3 is 5.84 Å². The fourth-order valence-electron chi connectivity index (χ4n) is 0.329. The van der Waals surface area contributed by atoms with Crippen molar-refractivity contribution in [3.8, 4) is 0 Å². The van der Waals surface area contributed by atoms with Crippen molar-refractivity contribution in [1.82, 2.24) is 5.01 Å². The number of hydrazone groups is 2. The van der Waals surface area contributed by atoms with Gasteiger partial charge in [-0.2, -0.15) is 10.2 Å². The summed E-state index contributed by atoms with van der Waals surface area (Å²) in [4.78, 5) is 0. The fraction of sp³-hybridized carbons (Fsp3) is 0.500. The van der Waals surface area contributed by atoms with Crippen molar-refractivity contribution in [2.45, 2.75) is 0 Å². The van der Waals surface area contributed by atoms with E-state index in [1.54, 1.807) is 7.05 Å². The Morgan fingerprint density at radius 2 is 2.33 bits per heavy atom. The molecular weight excluding hydrogens is 136 g/mol. The smallest absolute Gasteiger partial charge is 0.202 e. The molecule has 0 amide bonds. The lowest BCUT2D eigenvalue weighted by atomic mass is 11.1. The van der Waals surface area contributed by atoms with Gasteiger partial charge in [0.1, 0.15) is 0 Å². The highest BCUT2D eigenvalue weighted by molar-refractivity contribution is 8.13. The third-order valence-electron chi connectivity index (χ3n) is 0.782. The van der Waals surface area contributed by atoms with E-state index in [0.717, 1.165) is 0 Å². The minimum Gasteiger partial charge on any atom is -0.321 e. The summed E-state index contributed by atoms with van der Waals surface area (Å²) in [5, 5.41) is 9.18. The number of nitrogens with zero attached hydrogens (tertiary/aromatic N) is 3. The largest absolute Gasteiger partial charge is 0.321 e. The molecule has 0 saturated carbocycles. The normalized spacial score (nSPS) is 11.1. The molecule has 2 N–H and O–H groups in total. The van der Waals surface area contributed by atoms with E-state index in [4.69, 9.17) is 5.84 Å². The first-order valence-corrected chi connectivity index (χ1v) is 3.51. The number of nitrogens with two attached hydrogens (primary N) is 1. The highest BCUT2D eigenvalue weighted by atomic mass is 32.2. The molecule has 0 aliphatic rings. The quantitative estimate of drug-likeness (QED) is 0.247. The van der Waals surface area contributed by atoms with E-state index in [1.165, 1.54) is 16.8 Å². The maximum Gasteiger partial charge on any atom is 0.202 e. The zero-order valence-corrected chi connectivity index (χ0v) is 6.35. The van der Waals surface area contributed by atoms with Gasteiger partial charge in [0.05, 0.1) is 0 Å². The lowest BCUT2D eigenvalue weighted by Crippen LogP contribution is -2.18. The Kier molecular flexibility index (Phi) is 3.87. The van der Waals surface area contributed by atoms with Crippen LogP contribution in [0.4, 0.5) is 0 Å². The molecule has 0 heterocycles. The molecule has 0 fully saturated rings. The predicted octanol–water partition coefficient (Wildman–Crippen LogP) is 0.127. The van der Waals surface area contributed by atoms with Crippen molar-refractivity contribution in [3.05, 3.63) is 0 Å². The highest BCUT2D eigenvalue weighted by Gasteiger charge is 1.98. The molecule has 0 aliphatic carbocycles. The predicted molar refractivity (Wildman–Crippen MR) is 42.4 cm³/mol. The van der Waals surface area contributed by atoms with Crippen LogP contribution in [0.1, 0.15) is 0 Å². The van der Waals surface area contributed by atoms with Gasteiger partial charge >= 0.3 is 0 Å². The lowest BCUT2D eigenvalue weighted by molar-refractivity contribution is 0.559. The van der Waals surface area contributed by atoms with Gasteiger partial charge in [-0.1, -0.05) is 11.8 Å². The first-order chi connectivity index (χ1) is 4.26. The van der Waals surface area contributed by atoms with E-state index in [-0.39, 0.29) is 0 Å². The first kappa shape index (κ1) is 8.29. The Morgan fingerprint density at radius 3 is 2.44 bits per heavy atom. The van der Waals surface area contributed by atoms with Crippen LogP contribution in [0.25, 0.3) is 0 Å². The standard InChI is InChI=1S/C4H10N4S/c1-6-8(2)4(7-5)9-3/h1,5H2,2-3H3/b7-4+. The number of amidine groups is 1. The summed E-state index contributed by atoms with van der Waals surface area (Å²) in [6, 6.07) is 0. The Morgan fingerprint density at radius 1 is 1.78 bits per heavy atom. The summed E-state index contributed by atoms with van der Waals surface area (Å²) in [5.41, 5.74) is 0. The van der Waals surface area contributed by atoms with Crippen LogP contribution in [0, 0.1) is 0 Å². The van der Waals surface area contributed by atoms with Crippen molar-refractivity contribution in [3.63, 3.8) is 0 Å². The summed E-state index contributed by atoms with van der Waals surface area (Å²) in [6.07, 6.45) is 1.87. The minimum atomic E-state index is 0.644. The van der Waals surface area contributed by atoms with Crippen molar-refractivity contribution < 1.29 is 0 Å². The van der Waals surface area contributed by atoms with Gasteiger partial charge in [0.2, 0.25) is 5.17 Å². The van der Waals surface area contributed by atoms with Crippen molar-refractivity contribution in [1.29, 1.82) is 0 Å². The fourth-order valence-corrected chi connectivity index (χ4v) is 0.756. The molecule has 4 nitrogen and oxygen atoms in total. The van der Waals surface area contributed by atoms with E-state index in [9.17, 15) is 0 Å². The molecule has 0 spiro atoms. The summed E-state index contributed by atoms with van der Waals surface area (Å²) in [5.74, 6) is 5.00. The summed E-state index contributed by atoms with van der Waals surface area (Å²) >= 11 is 1.42. The van der Waals surface area contributed by atoms with E-state index < -0.39 is 0 Å². The monoisotopic (exact) mass is 146 g/mol. The van der Waals surface area contributed by atoms with Gasteiger partial charge in [-0.15, -0.1) is 0 Å². The van der Waals surface area contributed by atoms with Crippen LogP contribution in [0.5, 0.6) is 0 Å². The van der Waals surface area contributed by atoms with Crippen molar-refractivity contribution in [2.75, 3.05) is 13.3 Å². The number of rotatable bonds is 1. The summed E-state index contributed by atoms with van der Waals surface area (Å²) in [7, 11) is 1.73. The maximum absolute atomic E-state index is 5.00. The zero-order valence-electron chi connectivity index (χ0n) is 5.53. The van der Waals surface area contributed by atoms with Crippen molar-refractivity contribution >= 4 is 23.6 Å². The molecule has 5 heteroatoms. The van der Waals surface area contributed by atoms with E-state index in [1.807, 2.05) is 6.26 Å². The summed E-state index contributed by atoms with van der Waals surface area (Å²) < 4.78 is 0. The molecular formula is C4H10N4S. The van der Waals surface area contributed by atoms with Crippen LogP contribution >= 0.6 is 11.8 Å². The van der Waals surface area contributed by atoms with Crippen LogP contribution in [-0.2, 0) is 0 Å². The second-order valence-corrected chi connectivity index (χ2v) is 2.05. The number of hydrogen-bond donors (Lipinski definition) is 1. The maximum atomic E-state index is 5.00. The van der Waals surface area contributed by atoms with Crippen LogP contribution in [0.15, 0.2) is 10.2 Å². The van der Waals surface area contributed by atoms with Crippen LogP contribution < -0.4 is 5.84 Å². The molecule has 0 aromatic carbocycles. The molecule has 0 aliphatic heterocycles. The molecule has 0 bridgehead atoms. The minimum absolute atomic E-state index is 0.644. The molecule has 0 unspecified atom stereocenters. The van der Waals surface area contributed by atoms with Gasteiger partial charge in [-0.25, -0.2) is 5.01 Å². The van der Waals surface area contributed by atoms with Crippen molar-refractivity contribution in [2.24, 2.45) is 16.0 Å². The second kappa shape index (κ2) is 4.20. The van der Waals surface area contributed by atoms with E-state index in [0.29, 0.717) is 5.17 Å². The molecule has 0 atom stereocenters. The number of hydrogen-bond acceptors (Lipinski definition) is 4. The topological polar surface area (TPSA) is 54.0 Å². The zero-order chi connectivity index (χ0) is 7.28. The Hall–Kier alpha value is -0.710. The third-order valence-corrected chi connectivity index (χ3v) is 1.52. The molecule has 0 aromatic rings. The Labute approximate surface area is 58.8 Å². The molecule has 0 rings (SSSR count). The molecule has 0 aromatic heterocycles. The second-order valence-electron chi connectivity index (χ2n) is 1.28. The van der Waals surface area contributed by atoms with E-state index in [2.05, 4.69) is 16.9 Å². The average molecular weight is 146 g/mol. The lowest BCUT2D eigenvalue weighted by Gasteiger charge is -2.09. The average Bonchev–Trinajstić information content (AvgIpc) is 1.90. The van der Waals surface area contributed by atoms with Gasteiger partial charge in [-0.05, 0) is 6.26 Å². The van der Waals surface area contributed by atoms with Crippen LogP contribution in [0.2, 0.25) is 0 Å². The van der Waals surface area contributed by atoms with Crippen LogP contribution in [0.3, 0.4) is 0 Å². The van der Waals surface area contributed by atoms with Gasteiger partial charge in [-0.3, -0.25) is 0 Å². The first-order valence-electron chi connectivity index (χ1n) is 2.28.